The molecule has 0 aliphatic rings. The maximum Gasteiger partial charge on any atom is 0.418 e. The van der Waals surface area contributed by atoms with Gasteiger partial charge in [0.05, 0.1) is 11.0 Å². The molecule has 0 radical (unpaired) electrons. The third-order valence-electron chi connectivity index (χ3n) is 1.80. The zero-order valence-electron chi connectivity index (χ0n) is 7.53. The Morgan fingerprint density at radius 2 is 1.94 bits per heavy atom. The highest BCUT2D eigenvalue weighted by Gasteiger charge is 2.41. The molecule has 8 heteroatoms. The molecule has 1 aromatic carbocycles. The maximum absolute atomic E-state index is 13.0. The van der Waals surface area contributed by atoms with E-state index in [-0.39, 0.29) is 0 Å². The minimum absolute atomic E-state index is 0.324. The Hall–Kier alpha value is -1.70. The monoisotopic (exact) mass is 239 g/mol. The molecular weight excluding hydrogens is 234 g/mol. The summed E-state index contributed by atoms with van der Waals surface area (Å²) in [7, 11) is 0. The van der Waals surface area contributed by atoms with E-state index in [1.54, 1.807) is 0 Å². The predicted molar refractivity (Wildman–Crippen MR) is 44.1 cm³/mol. The number of non-ortho nitro benzene ring substituents is 1. The quantitative estimate of drug-likeness (QED) is 0.489. The summed E-state index contributed by atoms with van der Waals surface area (Å²) in [5.41, 5.74) is -1.73. The third kappa shape index (κ3) is 2.45. The van der Waals surface area contributed by atoms with Gasteiger partial charge in [0.15, 0.2) is 6.10 Å². The number of nitro benzene ring substituents is 1. The van der Waals surface area contributed by atoms with E-state index in [9.17, 15) is 27.7 Å². The molecule has 88 valence electrons. The Kier molecular flexibility index (Phi) is 3.13. The van der Waals surface area contributed by atoms with Crippen LogP contribution in [0.2, 0.25) is 0 Å². The van der Waals surface area contributed by atoms with Crippen molar-refractivity contribution in [2.24, 2.45) is 0 Å². The molecule has 0 spiro atoms. The zero-order chi connectivity index (χ0) is 12.5. The van der Waals surface area contributed by atoms with E-state index in [1.807, 2.05) is 0 Å². The molecule has 0 aliphatic carbocycles. The molecular formula is C8H5F4NO3. The van der Waals surface area contributed by atoms with E-state index in [2.05, 4.69) is 0 Å². The van der Waals surface area contributed by atoms with Gasteiger partial charge in [-0.1, -0.05) is 0 Å². The number of aliphatic hydroxyl groups excluding tert-OH is 1. The van der Waals surface area contributed by atoms with E-state index in [4.69, 9.17) is 5.11 Å². The Morgan fingerprint density at radius 3 is 2.31 bits per heavy atom. The van der Waals surface area contributed by atoms with E-state index in [0.717, 1.165) is 0 Å². The Bertz CT molecular complexity index is 418. The highest BCUT2D eigenvalue weighted by atomic mass is 19.4. The standard InChI is InChI=1S/C8H5F4NO3/c9-6-3-4(13(15)16)1-2-5(6)7(14)8(10,11)12/h1-3,7,14H/t7-/m0/s1. The van der Waals surface area contributed by atoms with Crippen molar-refractivity contribution in [2.75, 3.05) is 0 Å². The van der Waals surface area contributed by atoms with Crippen molar-refractivity contribution in [3.8, 4) is 0 Å². The first-order valence-corrected chi connectivity index (χ1v) is 3.92. The van der Waals surface area contributed by atoms with Crippen LogP contribution in [0.4, 0.5) is 23.2 Å². The number of halogens is 4. The first-order valence-electron chi connectivity index (χ1n) is 3.92. The molecule has 0 saturated heterocycles. The van der Waals surface area contributed by atoms with E-state index >= 15 is 0 Å². The molecule has 0 fully saturated rings. The van der Waals surface area contributed by atoms with Crippen LogP contribution in [0.3, 0.4) is 0 Å². The second-order valence-electron chi connectivity index (χ2n) is 2.91. The van der Waals surface area contributed by atoms with Crippen molar-refractivity contribution in [3.05, 3.63) is 39.7 Å². The van der Waals surface area contributed by atoms with Gasteiger partial charge >= 0.3 is 6.18 Å². The van der Waals surface area contributed by atoms with Crippen LogP contribution in [0, 0.1) is 15.9 Å². The summed E-state index contributed by atoms with van der Waals surface area (Å²) in [5.74, 6) is -1.47. The first kappa shape index (κ1) is 12.4. The number of benzene rings is 1. The summed E-state index contributed by atoms with van der Waals surface area (Å²) >= 11 is 0. The fourth-order valence-corrected chi connectivity index (χ4v) is 1.03. The molecule has 1 N–H and O–H groups in total. The second kappa shape index (κ2) is 4.05. The summed E-state index contributed by atoms with van der Waals surface area (Å²) in [6.45, 7) is 0. The van der Waals surface area contributed by atoms with Gasteiger partial charge in [-0.05, 0) is 6.07 Å². The van der Waals surface area contributed by atoms with Gasteiger partial charge in [0.25, 0.3) is 5.69 Å². The van der Waals surface area contributed by atoms with E-state index in [0.29, 0.717) is 18.2 Å². The molecule has 0 aliphatic heterocycles. The minimum atomic E-state index is -5.02. The fraction of sp³-hybridized carbons (Fsp3) is 0.250. The van der Waals surface area contributed by atoms with E-state index in [1.165, 1.54) is 0 Å². The van der Waals surface area contributed by atoms with Crippen molar-refractivity contribution >= 4 is 5.69 Å². The largest absolute Gasteiger partial charge is 0.418 e. The van der Waals surface area contributed by atoms with Crippen molar-refractivity contribution in [1.82, 2.24) is 0 Å². The van der Waals surface area contributed by atoms with Gasteiger partial charge in [-0.25, -0.2) is 4.39 Å². The van der Waals surface area contributed by atoms with Crippen LogP contribution in [0.1, 0.15) is 11.7 Å². The number of hydrogen-bond donors (Lipinski definition) is 1. The Balaban J connectivity index is 3.13. The zero-order valence-corrected chi connectivity index (χ0v) is 7.53. The average molecular weight is 239 g/mol. The number of alkyl halides is 3. The van der Waals surface area contributed by atoms with Crippen molar-refractivity contribution in [1.29, 1.82) is 0 Å². The molecule has 1 aromatic rings. The maximum atomic E-state index is 13.0. The van der Waals surface area contributed by atoms with Crippen LogP contribution in [0.5, 0.6) is 0 Å². The summed E-state index contributed by atoms with van der Waals surface area (Å²) in [4.78, 5) is 9.23. The lowest BCUT2D eigenvalue weighted by Gasteiger charge is -2.14. The fourth-order valence-electron chi connectivity index (χ4n) is 1.03. The summed E-state index contributed by atoms with van der Waals surface area (Å²) in [6.07, 6.45) is -8.01. The van der Waals surface area contributed by atoms with Gasteiger partial charge in [-0.3, -0.25) is 10.1 Å². The van der Waals surface area contributed by atoms with Crippen LogP contribution in [0.15, 0.2) is 18.2 Å². The van der Waals surface area contributed by atoms with Gasteiger partial charge in [-0.15, -0.1) is 0 Å². The lowest BCUT2D eigenvalue weighted by molar-refractivity contribution is -0.385. The summed E-state index contributed by atoms with van der Waals surface area (Å²) in [6, 6.07) is 1.54. The van der Waals surface area contributed by atoms with Crippen LogP contribution in [-0.4, -0.2) is 16.2 Å². The van der Waals surface area contributed by atoms with Gasteiger partial charge in [-0.2, -0.15) is 13.2 Å². The molecule has 0 unspecified atom stereocenters. The highest BCUT2D eigenvalue weighted by Crippen LogP contribution is 2.34. The number of rotatable bonds is 2. The topological polar surface area (TPSA) is 63.4 Å². The van der Waals surface area contributed by atoms with Gasteiger partial charge in [0, 0.05) is 11.6 Å². The smallest absolute Gasteiger partial charge is 0.379 e. The summed E-state index contributed by atoms with van der Waals surface area (Å²) < 4.78 is 49.1. The molecule has 0 heterocycles. The number of nitrogens with zero attached hydrogens (tertiary/aromatic N) is 1. The summed E-state index contributed by atoms with van der Waals surface area (Å²) in [5, 5.41) is 18.9. The highest BCUT2D eigenvalue weighted by molar-refractivity contribution is 5.35. The van der Waals surface area contributed by atoms with E-state index < -0.39 is 34.3 Å². The number of aliphatic hydroxyl groups is 1. The predicted octanol–water partition coefficient (Wildman–Crippen LogP) is 2.33. The molecule has 4 nitrogen and oxygen atoms in total. The lowest BCUT2D eigenvalue weighted by atomic mass is 10.1. The van der Waals surface area contributed by atoms with Gasteiger partial charge in [0.1, 0.15) is 5.82 Å². The minimum Gasteiger partial charge on any atom is -0.379 e. The van der Waals surface area contributed by atoms with Crippen molar-refractivity contribution in [3.63, 3.8) is 0 Å². The first-order chi connectivity index (χ1) is 7.23. The Labute approximate surface area is 86.3 Å². The molecule has 0 saturated carbocycles. The van der Waals surface area contributed by atoms with Crippen LogP contribution in [0.25, 0.3) is 0 Å². The number of nitro groups is 1. The van der Waals surface area contributed by atoms with Crippen LogP contribution < -0.4 is 0 Å². The number of hydrogen-bond acceptors (Lipinski definition) is 3. The third-order valence-corrected chi connectivity index (χ3v) is 1.80. The molecule has 16 heavy (non-hydrogen) atoms. The van der Waals surface area contributed by atoms with Gasteiger partial charge < -0.3 is 5.11 Å². The van der Waals surface area contributed by atoms with Gasteiger partial charge in [0.2, 0.25) is 0 Å². The lowest BCUT2D eigenvalue weighted by Crippen LogP contribution is -2.21. The molecule has 1 atom stereocenters. The SMILES string of the molecule is O=[N+]([O-])c1ccc([C@H](O)C(F)(F)F)c(F)c1. The Morgan fingerprint density at radius 1 is 1.38 bits per heavy atom. The molecule has 0 aromatic heterocycles. The molecule has 0 amide bonds. The second-order valence-corrected chi connectivity index (χ2v) is 2.91. The van der Waals surface area contributed by atoms with Crippen LogP contribution >= 0.6 is 0 Å². The molecule has 0 bridgehead atoms. The van der Waals surface area contributed by atoms with Crippen LogP contribution in [-0.2, 0) is 0 Å². The van der Waals surface area contributed by atoms with Crippen molar-refractivity contribution in [2.45, 2.75) is 12.3 Å². The average Bonchev–Trinajstić information content (AvgIpc) is 2.15. The normalized spacial score (nSPS) is 13.6. The molecule has 1 rings (SSSR count). The van der Waals surface area contributed by atoms with Crippen molar-refractivity contribution < 1.29 is 27.6 Å².